The van der Waals surface area contributed by atoms with Gasteiger partial charge < -0.3 is 14.2 Å². The summed E-state index contributed by atoms with van der Waals surface area (Å²) >= 11 is 0. The molecule has 0 saturated heterocycles. The summed E-state index contributed by atoms with van der Waals surface area (Å²) in [5.74, 6) is 0. The predicted molar refractivity (Wildman–Crippen MR) is 249 cm³/mol. The zero-order valence-electron chi connectivity index (χ0n) is 32.2. The monoisotopic (exact) mass is 754 g/mol. The summed E-state index contributed by atoms with van der Waals surface area (Å²) in [6, 6.07) is 82.2. The van der Waals surface area contributed by atoms with Crippen molar-refractivity contribution in [2.45, 2.75) is 0 Å². The van der Waals surface area contributed by atoms with E-state index in [9.17, 15) is 0 Å². The maximum atomic E-state index is 6.59. The number of para-hydroxylation sites is 2. The number of nitrogens with zero attached hydrogens (tertiary/aromatic N) is 2. The Labute approximate surface area is 343 Å². The SMILES string of the molecule is c1ccc(-c2cccc(N(c3ccccc3)c3ccc4c(ccc5oc6ccc7cc(N(c8ccccc8)c8cccc(-c9ccccc9)c8)ccc7c6c54)c3)c2)cc1. The van der Waals surface area contributed by atoms with Gasteiger partial charge in [-0.1, -0.05) is 146 Å². The highest BCUT2D eigenvalue weighted by Gasteiger charge is 2.19. The van der Waals surface area contributed by atoms with Crippen LogP contribution in [0.5, 0.6) is 0 Å². The van der Waals surface area contributed by atoms with Crippen molar-refractivity contribution in [3.63, 3.8) is 0 Å². The molecule has 0 spiro atoms. The van der Waals surface area contributed by atoms with Crippen molar-refractivity contribution in [2.75, 3.05) is 9.80 Å². The van der Waals surface area contributed by atoms with Crippen molar-refractivity contribution < 1.29 is 4.42 Å². The van der Waals surface area contributed by atoms with Gasteiger partial charge in [0.25, 0.3) is 0 Å². The van der Waals surface area contributed by atoms with E-state index in [-0.39, 0.29) is 0 Å². The Balaban J connectivity index is 1.04. The van der Waals surface area contributed by atoms with Crippen molar-refractivity contribution in [1.82, 2.24) is 0 Å². The van der Waals surface area contributed by atoms with E-state index in [2.05, 4.69) is 240 Å². The summed E-state index contributed by atoms with van der Waals surface area (Å²) in [4.78, 5) is 4.68. The lowest BCUT2D eigenvalue weighted by atomic mass is 9.98. The molecule has 10 aromatic carbocycles. The second-order valence-electron chi connectivity index (χ2n) is 15.0. The molecule has 0 saturated carbocycles. The molecule has 0 atom stereocenters. The molecule has 0 radical (unpaired) electrons. The minimum Gasteiger partial charge on any atom is -0.456 e. The number of benzene rings is 10. The Bertz CT molecular complexity index is 3050. The summed E-state index contributed by atoms with van der Waals surface area (Å²) in [7, 11) is 0. The lowest BCUT2D eigenvalue weighted by molar-refractivity contribution is 0.669. The quantitative estimate of drug-likeness (QED) is 0.154. The largest absolute Gasteiger partial charge is 0.456 e. The first-order valence-corrected chi connectivity index (χ1v) is 20.1. The molecular weight excluding hydrogens is 717 g/mol. The molecule has 11 rings (SSSR count). The second kappa shape index (κ2) is 14.6. The minimum atomic E-state index is 0.885. The summed E-state index contributed by atoms with van der Waals surface area (Å²) in [5, 5.41) is 6.90. The van der Waals surface area contributed by atoms with Crippen LogP contribution in [0, 0.1) is 0 Å². The van der Waals surface area contributed by atoms with Crippen LogP contribution in [0.25, 0.3) is 65.7 Å². The van der Waals surface area contributed by atoms with Gasteiger partial charge in [-0.15, -0.1) is 0 Å². The molecule has 0 bridgehead atoms. The van der Waals surface area contributed by atoms with E-state index in [1.165, 1.54) is 22.3 Å². The molecule has 3 heteroatoms. The number of anilines is 6. The Morgan fingerprint density at radius 3 is 1.03 bits per heavy atom. The van der Waals surface area contributed by atoms with E-state index in [1.54, 1.807) is 0 Å². The summed E-state index contributed by atoms with van der Waals surface area (Å²) in [6.07, 6.45) is 0. The number of rotatable bonds is 8. The topological polar surface area (TPSA) is 19.6 Å². The van der Waals surface area contributed by atoms with Crippen LogP contribution in [0.1, 0.15) is 0 Å². The van der Waals surface area contributed by atoms with Crippen molar-refractivity contribution in [3.05, 3.63) is 231 Å². The van der Waals surface area contributed by atoms with Crippen LogP contribution < -0.4 is 9.80 Å². The van der Waals surface area contributed by atoms with E-state index in [0.29, 0.717) is 0 Å². The van der Waals surface area contributed by atoms with Gasteiger partial charge in [0.1, 0.15) is 11.2 Å². The Hall–Kier alpha value is -7.88. The summed E-state index contributed by atoms with van der Waals surface area (Å²) < 4.78 is 6.59. The van der Waals surface area contributed by atoms with Gasteiger partial charge in [0.05, 0.1) is 0 Å². The predicted octanol–water partition coefficient (Wildman–Crippen LogP) is 16.2. The minimum absolute atomic E-state index is 0.885. The zero-order valence-corrected chi connectivity index (χ0v) is 32.2. The first-order chi connectivity index (χ1) is 29.2. The smallest absolute Gasteiger partial charge is 0.136 e. The van der Waals surface area contributed by atoms with E-state index < -0.39 is 0 Å². The molecule has 11 aromatic rings. The van der Waals surface area contributed by atoms with Crippen LogP contribution >= 0.6 is 0 Å². The summed E-state index contributed by atoms with van der Waals surface area (Å²) in [6.45, 7) is 0. The van der Waals surface area contributed by atoms with Gasteiger partial charge in [-0.05, 0) is 129 Å². The standard InChI is InChI=1S/C56H38N2O/c1-5-15-39(16-6-1)41-19-13-25-47(35-41)57(45-21-9-3-10-22-45)49-29-31-51-43(37-49)27-33-53-55(51)56-52-32-30-50(38-44(52)28-34-54(56)59-53)58(46-23-11-4-12-24-46)48-26-14-20-42(36-48)40-17-7-2-8-18-40/h1-38H. The third kappa shape index (κ3) is 6.26. The average Bonchev–Trinajstić information content (AvgIpc) is 3.70. The Morgan fingerprint density at radius 2 is 0.610 bits per heavy atom. The van der Waals surface area contributed by atoms with Gasteiger partial charge >= 0.3 is 0 Å². The molecule has 278 valence electrons. The first-order valence-electron chi connectivity index (χ1n) is 20.1. The molecule has 59 heavy (non-hydrogen) atoms. The molecule has 0 aliphatic carbocycles. The molecule has 0 fully saturated rings. The third-order valence-electron chi connectivity index (χ3n) is 11.4. The highest BCUT2D eigenvalue weighted by molar-refractivity contribution is 6.26. The molecule has 0 unspecified atom stereocenters. The van der Waals surface area contributed by atoms with Crippen LogP contribution in [0.3, 0.4) is 0 Å². The van der Waals surface area contributed by atoms with Crippen molar-refractivity contribution in [3.8, 4) is 22.3 Å². The molecule has 3 nitrogen and oxygen atoms in total. The van der Waals surface area contributed by atoms with Crippen LogP contribution in [0.15, 0.2) is 235 Å². The lowest BCUT2D eigenvalue weighted by Crippen LogP contribution is -2.10. The zero-order chi connectivity index (χ0) is 39.1. The molecule has 0 N–H and O–H groups in total. The fraction of sp³-hybridized carbons (Fsp3) is 0. The van der Waals surface area contributed by atoms with E-state index in [1.807, 2.05) is 0 Å². The van der Waals surface area contributed by atoms with Gasteiger partial charge in [0, 0.05) is 44.9 Å². The molecule has 1 aromatic heterocycles. The van der Waals surface area contributed by atoms with Crippen molar-refractivity contribution in [2.24, 2.45) is 0 Å². The fourth-order valence-corrected chi connectivity index (χ4v) is 8.64. The Kier molecular flexibility index (Phi) is 8.49. The van der Waals surface area contributed by atoms with Crippen LogP contribution in [0.2, 0.25) is 0 Å². The van der Waals surface area contributed by atoms with Crippen LogP contribution in [0.4, 0.5) is 34.1 Å². The Morgan fingerprint density at radius 1 is 0.254 bits per heavy atom. The molecule has 0 aliphatic rings. The molecule has 1 heterocycles. The highest BCUT2D eigenvalue weighted by Crippen LogP contribution is 2.44. The van der Waals surface area contributed by atoms with Crippen molar-refractivity contribution in [1.29, 1.82) is 0 Å². The van der Waals surface area contributed by atoms with E-state index in [0.717, 1.165) is 77.6 Å². The first kappa shape index (κ1) is 34.4. The summed E-state index contributed by atoms with van der Waals surface area (Å²) in [5.41, 5.74) is 13.1. The number of fused-ring (bicyclic) bond motifs is 7. The average molecular weight is 755 g/mol. The fourth-order valence-electron chi connectivity index (χ4n) is 8.64. The highest BCUT2D eigenvalue weighted by atomic mass is 16.3. The number of hydrogen-bond donors (Lipinski definition) is 0. The molecule has 0 aliphatic heterocycles. The lowest BCUT2D eigenvalue weighted by Gasteiger charge is -2.26. The second-order valence-corrected chi connectivity index (χ2v) is 15.0. The van der Waals surface area contributed by atoms with Gasteiger partial charge in [-0.25, -0.2) is 0 Å². The molecule has 0 amide bonds. The van der Waals surface area contributed by atoms with Crippen LogP contribution in [-0.2, 0) is 0 Å². The van der Waals surface area contributed by atoms with Crippen LogP contribution in [-0.4, -0.2) is 0 Å². The van der Waals surface area contributed by atoms with Gasteiger partial charge in [-0.2, -0.15) is 0 Å². The van der Waals surface area contributed by atoms with E-state index in [4.69, 9.17) is 4.42 Å². The number of furan rings is 1. The van der Waals surface area contributed by atoms with E-state index >= 15 is 0 Å². The normalized spacial score (nSPS) is 11.4. The van der Waals surface area contributed by atoms with Gasteiger partial charge in [-0.3, -0.25) is 0 Å². The third-order valence-corrected chi connectivity index (χ3v) is 11.4. The molecular formula is C56H38N2O. The van der Waals surface area contributed by atoms with Gasteiger partial charge in [0.15, 0.2) is 0 Å². The van der Waals surface area contributed by atoms with Gasteiger partial charge in [0.2, 0.25) is 0 Å². The maximum absolute atomic E-state index is 6.59. The maximum Gasteiger partial charge on any atom is 0.136 e. The van der Waals surface area contributed by atoms with Crippen molar-refractivity contribution >= 4 is 77.6 Å². The number of hydrogen-bond acceptors (Lipinski definition) is 3.